The largest absolute Gasteiger partial charge is 0.435 e. The first kappa shape index (κ1) is 18.0. The fourth-order valence-corrected chi connectivity index (χ4v) is 2.53. The number of nitrogens with one attached hydrogen (secondary N) is 1. The summed E-state index contributed by atoms with van der Waals surface area (Å²) in [4.78, 5) is 12.4. The highest BCUT2D eigenvalue weighted by Crippen LogP contribution is 2.29. The van der Waals surface area contributed by atoms with Gasteiger partial charge < -0.3 is 5.32 Å². The van der Waals surface area contributed by atoms with Crippen molar-refractivity contribution in [3.8, 4) is 0 Å². The van der Waals surface area contributed by atoms with Crippen molar-refractivity contribution in [2.45, 2.75) is 45.5 Å². The predicted octanol–water partition coefficient (Wildman–Crippen LogP) is 4.04. The fraction of sp³-hybridized carbons (Fsp3) is 0.412. The quantitative estimate of drug-likeness (QED) is 0.894. The molecule has 2 rings (SSSR count). The van der Waals surface area contributed by atoms with Gasteiger partial charge in [0.05, 0.1) is 6.04 Å². The zero-order chi connectivity index (χ0) is 17.9. The molecule has 0 bridgehead atoms. The lowest BCUT2D eigenvalue weighted by Gasteiger charge is -2.21. The van der Waals surface area contributed by atoms with Gasteiger partial charge in [0.1, 0.15) is 6.04 Å². The van der Waals surface area contributed by atoms with Gasteiger partial charge >= 0.3 is 6.18 Å². The molecule has 130 valence electrons. The van der Waals surface area contributed by atoms with Crippen LogP contribution < -0.4 is 5.32 Å². The summed E-state index contributed by atoms with van der Waals surface area (Å²) in [5.41, 5.74) is 0.251. The van der Waals surface area contributed by atoms with Crippen LogP contribution in [0.3, 0.4) is 0 Å². The van der Waals surface area contributed by atoms with Crippen LogP contribution in [0.1, 0.15) is 49.3 Å². The molecule has 0 radical (unpaired) electrons. The van der Waals surface area contributed by atoms with E-state index in [0.717, 1.165) is 16.3 Å². The van der Waals surface area contributed by atoms with Gasteiger partial charge in [0.2, 0.25) is 5.91 Å². The molecule has 1 N–H and O–H groups in total. The maximum atomic E-state index is 12.8. The number of hydrogen-bond donors (Lipinski definition) is 1. The molecule has 2 aromatic rings. The summed E-state index contributed by atoms with van der Waals surface area (Å²) in [7, 11) is 0. The summed E-state index contributed by atoms with van der Waals surface area (Å²) in [5.74, 6) is -0.370. The van der Waals surface area contributed by atoms with Gasteiger partial charge in [0.25, 0.3) is 0 Å². The second-order valence-electron chi connectivity index (χ2n) is 5.67. The van der Waals surface area contributed by atoms with Crippen LogP contribution in [-0.4, -0.2) is 15.7 Å². The van der Waals surface area contributed by atoms with Gasteiger partial charge in [-0.1, -0.05) is 37.3 Å². The van der Waals surface area contributed by atoms with Crippen molar-refractivity contribution in [3.63, 3.8) is 0 Å². The van der Waals surface area contributed by atoms with Crippen molar-refractivity contribution in [1.82, 2.24) is 15.1 Å². The number of aromatic nitrogens is 2. The Bertz CT molecular complexity index is 695. The molecule has 1 aromatic heterocycles. The normalized spacial score (nSPS) is 14.2. The zero-order valence-corrected chi connectivity index (χ0v) is 13.8. The lowest BCUT2D eigenvalue weighted by atomic mass is 10.0. The predicted molar refractivity (Wildman–Crippen MR) is 84.3 cm³/mol. The van der Waals surface area contributed by atoms with Crippen molar-refractivity contribution in [2.24, 2.45) is 0 Å². The third-order valence-electron chi connectivity index (χ3n) is 3.89. The van der Waals surface area contributed by atoms with Crippen LogP contribution in [0.5, 0.6) is 0 Å². The summed E-state index contributed by atoms with van der Waals surface area (Å²) in [6, 6.07) is 9.35. The van der Waals surface area contributed by atoms with Crippen LogP contribution in [0.15, 0.2) is 36.4 Å². The third kappa shape index (κ3) is 3.96. The first-order chi connectivity index (χ1) is 11.2. The number of amides is 1. The van der Waals surface area contributed by atoms with Crippen molar-refractivity contribution in [2.75, 3.05) is 0 Å². The van der Waals surface area contributed by atoms with E-state index in [0.29, 0.717) is 6.42 Å². The second kappa shape index (κ2) is 7.07. The molecular weight excluding hydrogens is 319 g/mol. The topological polar surface area (TPSA) is 46.9 Å². The lowest BCUT2D eigenvalue weighted by molar-refractivity contribution is -0.142. The molecule has 0 spiro atoms. The molecule has 0 aliphatic rings. The van der Waals surface area contributed by atoms with Gasteiger partial charge in [0, 0.05) is 5.69 Å². The number of benzene rings is 1. The van der Waals surface area contributed by atoms with E-state index in [9.17, 15) is 18.0 Å². The van der Waals surface area contributed by atoms with Gasteiger partial charge in [-0.05, 0) is 31.9 Å². The Balaban J connectivity index is 2.16. The van der Waals surface area contributed by atoms with Gasteiger partial charge in [0.15, 0.2) is 5.69 Å². The summed E-state index contributed by atoms with van der Waals surface area (Å²) >= 11 is 0. The fourth-order valence-electron chi connectivity index (χ4n) is 2.53. The molecule has 0 fully saturated rings. The number of carbonyl (C=O) groups is 1. The minimum absolute atomic E-state index is 0.195. The van der Waals surface area contributed by atoms with Crippen LogP contribution in [0, 0.1) is 6.92 Å². The van der Waals surface area contributed by atoms with Crippen LogP contribution in [0.25, 0.3) is 0 Å². The minimum Gasteiger partial charge on any atom is -0.347 e. The molecule has 24 heavy (non-hydrogen) atoms. The second-order valence-corrected chi connectivity index (χ2v) is 5.67. The molecule has 0 aliphatic carbocycles. The van der Waals surface area contributed by atoms with Crippen LogP contribution in [-0.2, 0) is 11.0 Å². The average molecular weight is 339 g/mol. The van der Waals surface area contributed by atoms with Crippen molar-refractivity contribution in [3.05, 3.63) is 53.3 Å². The number of aryl methyl sites for hydroxylation is 1. The van der Waals surface area contributed by atoms with E-state index >= 15 is 0 Å². The highest BCUT2D eigenvalue weighted by molar-refractivity contribution is 5.80. The molecule has 2 atom stereocenters. The van der Waals surface area contributed by atoms with E-state index in [2.05, 4.69) is 10.4 Å². The van der Waals surface area contributed by atoms with Gasteiger partial charge in [-0.2, -0.15) is 18.3 Å². The number of rotatable bonds is 5. The SMILES string of the molecule is CCC(NC(=O)C(C)n1nc(C(F)(F)F)cc1C)c1ccccc1. The molecule has 0 saturated heterocycles. The molecule has 0 saturated carbocycles. The monoisotopic (exact) mass is 339 g/mol. The molecule has 1 amide bonds. The summed E-state index contributed by atoms with van der Waals surface area (Å²) in [5, 5.41) is 6.41. The van der Waals surface area contributed by atoms with E-state index < -0.39 is 17.9 Å². The van der Waals surface area contributed by atoms with Crippen molar-refractivity contribution < 1.29 is 18.0 Å². The number of hydrogen-bond acceptors (Lipinski definition) is 2. The molecule has 1 heterocycles. The smallest absolute Gasteiger partial charge is 0.347 e. The first-order valence-corrected chi connectivity index (χ1v) is 7.72. The van der Waals surface area contributed by atoms with E-state index in [4.69, 9.17) is 0 Å². The highest BCUT2D eigenvalue weighted by Gasteiger charge is 2.35. The Kier molecular flexibility index (Phi) is 5.31. The Labute approximate surface area is 138 Å². The Hall–Kier alpha value is -2.31. The van der Waals surface area contributed by atoms with E-state index in [1.807, 2.05) is 37.3 Å². The molecule has 1 aromatic carbocycles. The average Bonchev–Trinajstić information content (AvgIpc) is 2.94. The van der Waals surface area contributed by atoms with E-state index in [-0.39, 0.29) is 17.6 Å². The summed E-state index contributed by atoms with van der Waals surface area (Å²) in [6.07, 6.45) is -3.85. The van der Waals surface area contributed by atoms with Crippen LogP contribution in [0.4, 0.5) is 13.2 Å². The van der Waals surface area contributed by atoms with Crippen molar-refractivity contribution in [1.29, 1.82) is 0 Å². The molecule has 4 nitrogen and oxygen atoms in total. The Morgan fingerprint density at radius 1 is 1.29 bits per heavy atom. The molecule has 7 heteroatoms. The van der Waals surface area contributed by atoms with E-state index in [1.54, 1.807) is 0 Å². The van der Waals surface area contributed by atoms with Gasteiger partial charge in [-0.25, -0.2) is 0 Å². The van der Waals surface area contributed by atoms with Gasteiger partial charge in [-0.3, -0.25) is 9.48 Å². The van der Waals surface area contributed by atoms with Crippen LogP contribution >= 0.6 is 0 Å². The molecule has 0 aliphatic heterocycles. The Morgan fingerprint density at radius 3 is 2.42 bits per heavy atom. The first-order valence-electron chi connectivity index (χ1n) is 7.72. The van der Waals surface area contributed by atoms with Gasteiger partial charge in [-0.15, -0.1) is 0 Å². The minimum atomic E-state index is -4.53. The highest BCUT2D eigenvalue weighted by atomic mass is 19.4. The number of nitrogens with zero attached hydrogens (tertiary/aromatic N) is 2. The third-order valence-corrected chi connectivity index (χ3v) is 3.89. The maximum absolute atomic E-state index is 12.8. The Morgan fingerprint density at radius 2 is 1.92 bits per heavy atom. The van der Waals surface area contributed by atoms with Crippen molar-refractivity contribution >= 4 is 5.91 Å². The number of alkyl halides is 3. The molecular formula is C17H20F3N3O. The number of halogens is 3. The van der Waals surface area contributed by atoms with E-state index in [1.165, 1.54) is 13.8 Å². The maximum Gasteiger partial charge on any atom is 0.435 e. The summed E-state index contributed by atoms with van der Waals surface area (Å²) in [6.45, 7) is 4.97. The summed E-state index contributed by atoms with van der Waals surface area (Å²) < 4.78 is 39.4. The van der Waals surface area contributed by atoms with Crippen LogP contribution in [0.2, 0.25) is 0 Å². The number of carbonyl (C=O) groups excluding carboxylic acids is 1. The zero-order valence-electron chi connectivity index (χ0n) is 13.8. The lowest BCUT2D eigenvalue weighted by Crippen LogP contribution is -2.34. The molecule has 2 unspecified atom stereocenters. The standard InChI is InChI=1S/C17H20F3N3O/c1-4-14(13-8-6-5-7-9-13)21-16(24)12(3)23-11(2)10-15(22-23)17(18,19)20/h5-10,12,14H,4H2,1-3H3,(H,21,24).